The molecule has 4 saturated carbocycles. The first-order chi connectivity index (χ1) is 11.7. The van der Waals surface area contributed by atoms with Gasteiger partial charge in [-0.2, -0.15) is 0 Å². The van der Waals surface area contributed by atoms with Crippen LogP contribution in [0.3, 0.4) is 0 Å². The van der Waals surface area contributed by atoms with Crippen LogP contribution in [0, 0.1) is 23.2 Å². The average Bonchev–Trinajstić information content (AvgIpc) is 2.94. The van der Waals surface area contributed by atoms with Crippen molar-refractivity contribution in [3.63, 3.8) is 0 Å². The van der Waals surface area contributed by atoms with E-state index in [-0.39, 0.29) is 5.91 Å². The molecule has 2 aromatic rings. The Bertz CT molecular complexity index is 713. The van der Waals surface area contributed by atoms with E-state index < -0.39 is 0 Å². The minimum atomic E-state index is 0.233. The van der Waals surface area contributed by atoms with Gasteiger partial charge < -0.3 is 5.32 Å². The lowest BCUT2D eigenvalue weighted by molar-refractivity contribution is -0.129. The lowest BCUT2D eigenvalue weighted by Crippen LogP contribution is -2.47. The van der Waals surface area contributed by atoms with Gasteiger partial charge in [0.25, 0.3) is 0 Å². The molecule has 0 atom stereocenters. The van der Waals surface area contributed by atoms with Crippen LogP contribution in [0.2, 0.25) is 0 Å². The number of nitrogens with zero attached hydrogens (tertiary/aromatic N) is 1. The summed E-state index contributed by atoms with van der Waals surface area (Å²) in [6, 6.07) is 8.17. The van der Waals surface area contributed by atoms with Gasteiger partial charge in [-0.25, -0.2) is 4.98 Å². The van der Waals surface area contributed by atoms with E-state index in [4.69, 9.17) is 0 Å². The zero-order valence-electron chi connectivity index (χ0n) is 14.0. The fourth-order valence-electron chi connectivity index (χ4n) is 6.08. The Hall–Kier alpha value is -1.42. The van der Waals surface area contributed by atoms with Crippen LogP contribution in [0.15, 0.2) is 24.3 Å². The molecule has 1 N–H and O–H groups in total. The second kappa shape index (κ2) is 5.55. The summed E-state index contributed by atoms with van der Waals surface area (Å²) in [5, 5.41) is 4.15. The van der Waals surface area contributed by atoms with Gasteiger partial charge in [0.15, 0.2) is 0 Å². The van der Waals surface area contributed by atoms with Gasteiger partial charge in [0.05, 0.1) is 16.8 Å². The number of thiazole rings is 1. The molecule has 24 heavy (non-hydrogen) atoms. The Balaban J connectivity index is 1.23. The monoisotopic (exact) mass is 340 g/mol. The number of aromatic nitrogens is 1. The van der Waals surface area contributed by atoms with Crippen molar-refractivity contribution in [1.29, 1.82) is 0 Å². The fourth-order valence-corrected chi connectivity index (χ4v) is 6.99. The maximum absolute atomic E-state index is 12.6. The number of rotatable bonds is 4. The predicted octanol–water partition coefficient (Wildman–Crippen LogP) is 4.52. The van der Waals surface area contributed by atoms with Gasteiger partial charge in [0.1, 0.15) is 5.01 Å². The second-order valence-corrected chi connectivity index (χ2v) is 9.56. The number of hydrogen-bond donors (Lipinski definition) is 1. The first kappa shape index (κ1) is 14.9. The van der Waals surface area contributed by atoms with Crippen LogP contribution >= 0.6 is 11.3 Å². The van der Waals surface area contributed by atoms with Gasteiger partial charge >= 0.3 is 0 Å². The number of hydrogen-bond acceptors (Lipinski definition) is 3. The molecule has 0 aliphatic heterocycles. The largest absolute Gasteiger partial charge is 0.350 e. The van der Waals surface area contributed by atoms with E-state index >= 15 is 0 Å². The summed E-state index contributed by atoms with van der Waals surface area (Å²) in [4.78, 5) is 17.2. The molecule has 4 aliphatic rings. The van der Waals surface area contributed by atoms with Gasteiger partial charge in [0, 0.05) is 6.42 Å². The van der Waals surface area contributed by atoms with Crippen LogP contribution in [-0.2, 0) is 11.3 Å². The van der Waals surface area contributed by atoms with Gasteiger partial charge in [-0.15, -0.1) is 11.3 Å². The molecular weight excluding hydrogens is 316 g/mol. The molecule has 0 radical (unpaired) electrons. The quantitative estimate of drug-likeness (QED) is 0.889. The third kappa shape index (κ3) is 2.65. The molecule has 3 nitrogen and oxygen atoms in total. The van der Waals surface area contributed by atoms with Crippen molar-refractivity contribution < 1.29 is 4.79 Å². The third-order valence-corrected chi connectivity index (χ3v) is 7.51. The van der Waals surface area contributed by atoms with Crippen molar-refractivity contribution in [2.45, 2.75) is 51.5 Å². The molecule has 0 spiro atoms. The molecule has 4 fully saturated rings. The number of amides is 1. The minimum Gasteiger partial charge on any atom is -0.350 e. The Morgan fingerprint density at radius 3 is 2.46 bits per heavy atom. The van der Waals surface area contributed by atoms with Gasteiger partial charge in [-0.1, -0.05) is 12.1 Å². The molecular formula is C20H24N2OS. The van der Waals surface area contributed by atoms with E-state index in [1.807, 2.05) is 18.2 Å². The number of fused-ring (bicyclic) bond motifs is 1. The van der Waals surface area contributed by atoms with E-state index in [1.165, 1.54) is 43.2 Å². The first-order valence-corrected chi connectivity index (χ1v) is 10.1. The van der Waals surface area contributed by atoms with E-state index in [0.29, 0.717) is 12.0 Å². The average molecular weight is 340 g/mol. The van der Waals surface area contributed by atoms with Crippen molar-refractivity contribution in [1.82, 2.24) is 10.3 Å². The summed E-state index contributed by atoms with van der Waals surface area (Å²) < 4.78 is 1.20. The van der Waals surface area contributed by atoms with E-state index in [2.05, 4.69) is 16.4 Å². The molecule has 0 saturated heterocycles. The van der Waals surface area contributed by atoms with Crippen LogP contribution in [0.5, 0.6) is 0 Å². The molecule has 1 aromatic carbocycles. The highest BCUT2D eigenvalue weighted by Gasteiger charge is 2.51. The van der Waals surface area contributed by atoms with Crippen molar-refractivity contribution in [2.75, 3.05) is 0 Å². The first-order valence-electron chi connectivity index (χ1n) is 9.29. The van der Waals surface area contributed by atoms with Crippen LogP contribution in [0.4, 0.5) is 0 Å². The molecule has 126 valence electrons. The molecule has 4 heteroatoms. The van der Waals surface area contributed by atoms with Crippen LogP contribution in [0.1, 0.15) is 50.0 Å². The van der Waals surface area contributed by atoms with Crippen molar-refractivity contribution in [3.8, 4) is 0 Å². The zero-order chi connectivity index (χ0) is 16.1. The fraction of sp³-hybridized carbons (Fsp3) is 0.600. The maximum atomic E-state index is 12.6. The topological polar surface area (TPSA) is 42.0 Å². The third-order valence-electron chi connectivity index (χ3n) is 6.48. The molecule has 0 unspecified atom stereocenters. The van der Waals surface area contributed by atoms with Crippen molar-refractivity contribution in [2.24, 2.45) is 23.2 Å². The highest BCUT2D eigenvalue weighted by atomic mass is 32.1. The van der Waals surface area contributed by atoms with Crippen LogP contribution < -0.4 is 5.32 Å². The zero-order valence-corrected chi connectivity index (χ0v) is 14.8. The van der Waals surface area contributed by atoms with Gasteiger partial charge in [0.2, 0.25) is 5.91 Å². The molecule has 1 amide bonds. The number of benzene rings is 1. The Kier molecular flexibility index (Phi) is 3.44. The lowest BCUT2D eigenvalue weighted by atomic mass is 9.49. The van der Waals surface area contributed by atoms with E-state index in [1.54, 1.807) is 11.3 Å². The summed E-state index contributed by atoms with van der Waals surface area (Å²) >= 11 is 1.68. The molecule has 1 aromatic heterocycles. The normalized spacial score (nSPS) is 33.9. The van der Waals surface area contributed by atoms with Crippen molar-refractivity contribution >= 4 is 27.5 Å². The number of carbonyl (C=O) groups is 1. The van der Waals surface area contributed by atoms with Gasteiger partial charge in [-0.05, 0) is 73.8 Å². The minimum absolute atomic E-state index is 0.233. The van der Waals surface area contributed by atoms with Gasteiger partial charge in [-0.3, -0.25) is 4.79 Å². The summed E-state index contributed by atoms with van der Waals surface area (Å²) in [7, 11) is 0. The van der Waals surface area contributed by atoms with Crippen LogP contribution in [0.25, 0.3) is 10.2 Å². The summed E-state index contributed by atoms with van der Waals surface area (Å²) in [5.74, 6) is 2.96. The summed E-state index contributed by atoms with van der Waals surface area (Å²) in [5.41, 5.74) is 1.36. The van der Waals surface area contributed by atoms with Crippen molar-refractivity contribution in [3.05, 3.63) is 29.3 Å². The summed E-state index contributed by atoms with van der Waals surface area (Å²) in [6.45, 7) is 0.574. The predicted molar refractivity (Wildman–Crippen MR) is 96.7 cm³/mol. The number of carbonyl (C=O) groups excluding carboxylic acids is 1. The van der Waals surface area contributed by atoms with Crippen LogP contribution in [-0.4, -0.2) is 10.9 Å². The highest BCUT2D eigenvalue weighted by Crippen LogP contribution is 2.61. The number of para-hydroxylation sites is 1. The standard InChI is InChI=1S/C20H24N2OS/c23-18(21-12-19-22-16-3-1-2-4-17(16)24-19)11-20-8-13-5-14(9-20)7-15(6-13)10-20/h1-4,13-15H,5-12H2,(H,21,23). The lowest BCUT2D eigenvalue weighted by Gasteiger charge is -2.56. The van der Waals surface area contributed by atoms with E-state index in [9.17, 15) is 4.79 Å². The molecule has 4 bridgehead atoms. The Morgan fingerprint density at radius 2 is 1.79 bits per heavy atom. The molecule has 6 rings (SSSR count). The number of nitrogens with one attached hydrogen (secondary N) is 1. The molecule has 4 aliphatic carbocycles. The SMILES string of the molecule is O=C(CC12CC3CC(CC(C3)C1)C2)NCc1nc2ccccc2s1. The Labute approximate surface area is 146 Å². The highest BCUT2D eigenvalue weighted by molar-refractivity contribution is 7.18. The maximum Gasteiger partial charge on any atom is 0.220 e. The smallest absolute Gasteiger partial charge is 0.220 e. The Morgan fingerprint density at radius 1 is 1.12 bits per heavy atom. The second-order valence-electron chi connectivity index (χ2n) is 8.45. The summed E-state index contributed by atoms with van der Waals surface area (Å²) in [6.07, 6.45) is 8.95. The van der Waals surface area contributed by atoms with E-state index in [0.717, 1.165) is 34.7 Å². The molecule has 1 heterocycles.